The van der Waals surface area contributed by atoms with Gasteiger partial charge in [-0.2, -0.15) is 0 Å². The molecule has 3 rings (SSSR count). The Balaban J connectivity index is 2.33. The van der Waals surface area contributed by atoms with E-state index in [1.165, 1.54) is 42.1 Å². The van der Waals surface area contributed by atoms with Gasteiger partial charge < -0.3 is 5.73 Å². The van der Waals surface area contributed by atoms with Crippen molar-refractivity contribution in [2.75, 3.05) is 5.75 Å². The molecule has 0 saturated carbocycles. The van der Waals surface area contributed by atoms with E-state index in [2.05, 4.69) is 6.58 Å². The highest BCUT2D eigenvalue weighted by atomic mass is 32.2. The van der Waals surface area contributed by atoms with Gasteiger partial charge in [-0.25, -0.2) is 13.2 Å². The molecule has 0 heterocycles. The van der Waals surface area contributed by atoms with Gasteiger partial charge in [0.1, 0.15) is 17.5 Å². The molecule has 0 bridgehead atoms. The fourth-order valence-corrected chi connectivity index (χ4v) is 4.37. The summed E-state index contributed by atoms with van der Waals surface area (Å²) in [5.74, 6) is -0.869. The molecule has 138 valence electrons. The summed E-state index contributed by atoms with van der Waals surface area (Å²) in [5, 5.41) is 0. The Morgan fingerprint density at radius 2 is 1.30 bits per heavy atom. The van der Waals surface area contributed by atoms with Crippen molar-refractivity contribution in [3.05, 3.63) is 119 Å². The Kier molecular flexibility index (Phi) is 5.61. The number of benzene rings is 3. The highest BCUT2D eigenvalue weighted by molar-refractivity contribution is 8.00. The second kappa shape index (κ2) is 7.92. The molecule has 27 heavy (non-hydrogen) atoms. The lowest BCUT2D eigenvalue weighted by Gasteiger charge is -2.35. The van der Waals surface area contributed by atoms with Gasteiger partial charge in [-0.3, -0.25) is 0 Å². The molecule has 0 fully saturated rings. The molecule has 0 unspecified atom stereocenters. The first-order chi connectivity index (χ1) is 12.9. The first-order valence-corrected chi connectivity index (χ1v) is 9.26. The van der Waals surface area contributed by atoms with Gasteiger partial charge in [0.05, 0.1) is 4.75 Å². The van der Waals surface area contributed by atoms with E-state index in [0.717, 1.165) is 0 Å². The summed E-state index contributed by atoms with van der Waals surface area (Å²) in [6.07, 6.45) is 0. The van der Waals surface area contributed by atoms with Crippen molar-refractivity contribution in [3.63, 3.8) is 0 Å². The normalized spacial score (nSPS) is 11.4. The van der Waals surface area contributed by atoms with Gasteiger partial charge in [-0.05, 0) is 41.5 Å². The number of thioether (sulfide) groups is 1. The molecule has 0 saturated heterocycles. The molecule has 5 heteroatoms. The Morgan fingerprint density at radius 1 is 0.815 bits per heavy atom. The van der Waals surface area contributed by atoms with E-state index in [1.54, 1.807) is 42.5 Å². The van der Waals surface area contributed by atoms with Gasteiger partial charge in [0, 0.05) is 17.0 Å². The highest BCUT2D eigenvalue weighted by Crippen LogP contribution is 2.49. The zero-order chi connectivity index (χ0) is 19.4. The third kappa shape index (κ3) is 3.88. The largest absolute Gasteiger partial charge is 0.402 e. The van der Waals surface area contributed by atoms with E-state index < -0.39 is 22.2 Å². The lowest BCUT2D eigenvalue weighted by atomic mass is 9.83. The maximum absolute atomic E-state index is 14.9. The molecule has 0 aliphatic rings. The van der Waals surface area contributed by atoms with Gasteiger partial charge in [-0.1, -0.05) is 49.0 Å². The van der Waals surface area contributed by atoms with Crippen molar-refractivity contribution in [1.29, 1.82) is 0 Å². The standard InChI is InChI=1S/C22H18F3NS/c1-15(26)14-27-22(16-6-10-18(23)11-7-16,17-8-12-19(24)13-9-17)20-4-2-3-5-21(20)25/h2-13H,1,14,26H2. The third-order valence-electron chi connectivity index (χ3n) is 4.23. The Hall–Kier alpha value is -2.66. The molecule has 0 aromatic heterocycles. The van der Waals surface area contributed by atoms with Crippen LogP contribution in [-0.2, 0) is 4.75 Å². The molecular weight excluding hydrogens is 367 g/mol. The van der Waals surface area contributed by atoms with Crippen molar-refractivity contribution in [1.82, 2.24) is 0 Å². The molecule has 0 atom stereocenters. The van der Waals surface area contributed by atoms with E-state index in [4.69, 9.17) is 5.73 Å². The fraction of sp³-hybridized carbons (Fsp3) is 0.0909. The summed E-state index contributed by atoms with van der Waals surface area (Å²) in [6.45, 7) is 3.73. The predicted octanol–water partition coefficient (Wildman–Crippen LogP) is 5.60. The summed E-state index contributed by atoms with van der Waals surface area (Å²) in [7, 11) is 0. The van der Waals surface area contributed by atoms with E-state index in [9.17, 15) is 13.2 Å². The van der Waals surface area contributed by atoms with Crippen LogP contribution < -0.4 is 5.73 Å². The lowest BCUT2D eigenvalue weighted by Crippen LogP contribution is -2.28. The first kappa shape index (κ1) is 19.1. The summed E-state index contributed by atoms with van der Waals surface area (Å²) in [6, 6.07) is 18.1. The Morgan fingerprint density at radius 3 is 1.74 bits per heavy atom. The van der Waals surface area contributed by atoms with Crippen molar-refractivity contribution >= 4 is 11.8 Å². The van der Waals surface area contributed by atoms with E-state index in [-0.39, 0.29) is 0 Å². The molecule has 0 aliphatic carbocycles. The van der Waals surface area contributed by atoms with Crippen LogP contribution in [0.5, 0.6) is 0 Å². The van der Waals surface area contributed by atoms with E-state index in [0.29, 0.717) is 28.1 Å². The lowest BCUT2D eigenvalue weighted by molar-refractivity contribution is 0.598. The summed E-state index contributed by atoms with van der Waals surface area (Å²) >= 11 is 1.35. The predicted molar refractivity (Wildman–Crippen MR) is 105 cm³/mol. The van der Waals surface area contributed by atoms with Crippen LogP contribution in [0.3, 0.4) is 0 Å². The second-order valence-corrected chi connectivity index (χ2v) is 7.31. The van der Waals surface area contributed by atoms with Crippen LogP contribution in [0.2, 0.25) is 0 Å². The highest BCUT2D eigenvalue weighted by Gasteiger charge is 2.39. The number of nitrogens with two attached hydrogens (primary N) is 1. The fourth-order valence-electron chi connectivity index (χ4n) is 3.04. The maximum Gasteiger partial charge on any atom is 0.128 e. The molecule has 3 aromatic rings. The topological polar surface area (TPSA) is 26.0 Å². The van der Waals surface area contributed by atoms with Crippen molar-refractivity contribution < 1.29 is 13.2 Å². The summed E-state index contributed by atoms with van der Waals surface area (Å²) in [5.41, 5.74) is 7.91. The van der Waals surface area contributed by atoms with Gasteiger partial charge >= 0.3 is 0 Å². The molecule has 3 aromatic carbocycles. The van der Waals surface area contributed by atoms with Crippen molar-refractivity contribution in [3.8, 4) is 0 Å². The van der Waals surface area contributed by atoms with Gasteiger partial charge in [0.15, 0.2) is 0 Å². The van der Waals surface area contributed by atoms with Crippen LogP contribution in [0.25, 0.3) is 0 Å². The van der Waals surface area contributed by atoms with Gasteiger partial charge in [-0.15, -0.1) is 11.8 Å². The van der Waals surface area contributed by atoms with Crippen LogP contribution in [-0.4, -0.2) is 5.75 Å². The third-order valence-corrected chi connectivity index (χ3v) is 5.87. The minimum atomic E-state index is -1.05. The molecule has 1 nitrogen and oxygen atoms in total. The molecule has 0 radical (unpaired) electrons. The molecule has 0 spiro atoms. The number of halogens is 3. The van der Waals surface area contributed by atoms with Crippen molar-refractivity contribution in [2.24, 2.45) is 5.73 Å². The number of hydrogen-bond acceptors (Lipinski definition) is 2. The summed E-state index contributed by atoms with van der Waals surface area (Å²) in [4.78, 5) is 0. The van der Waals surface area contributed by atoms with E-state index in [1.807, 2.05) is 0 Å². The van der Waals surface area contributed by atoms with Crippen LogP contribution in [0.15, 0.2) is 85.1 Å². The minimum Gasteiger partial charge on any atom is -0.402 e. The Bertz CT molecular complexity index is 891. The average molecular weight is 385 g/mol. The monoisotopic (exact) mass is 385 g/mol. The number of hydrogen-bond donors (Lipinski definition) is 1. The maximum atomic E-state index is 14.9. The number of rotatable bonds is 6. The van der Waals surface area contributed by atoms with E-state index >= 15 is 0 Å². The van der Waals surface area contributed by atoms with Gasteiger partial charge in [0.25, 0.3) is 0 Å². The summed E-state index contributed by atoms with van der Waals surface area (Å²) < 4.78 is 41.0. The first-order valence-electron chi connectivity index (χ1n) is 8.28. The van der Waals surface area contributed by atoms with Crippen LogP contribution in [0, 0.1) is 17.5 Å². The van der Waals surface area contributed by atoms with Gasteiger partial charge in [0.2, 0.25) is 0 Å². The quantitative estimate of drug-likeness (QED) is 0.559. The van der Waals surface area contributed by atoms with Crippen LogP contribution >= 0.6 is 11.8 Å². The molecule has 0 aliphatic heterocycles. The zero-order valence-electron chi connectivity index (χ0n) is 14.5. The SMILES string of the molecule is C=C(N)CSC(c1ccc(F)cc1)(c1ccc(F)cc1)c1ccccc1F. The molecular formula is C22H18F3NS. The zero-order valence-corrected chi connectivity index (χ0v) is 15.3. The molecule has 0 amide bonds. The smallest absolute Gasteiger partial charge is 0.128 e. The Labute approximate surface area is 160 Å². The minimum absolute atomic E-state index is 0.336. The van der Waals surface area contributed by atoms with Crippen LogP contribution in [0.1, 0.15) is 16.7 Å². The van der Waals surface area contributed by atoms with Crippen LogP contribution in [0.4, 0.5) is 13.2 Å². The molecule has 2 N–H and O–H groups in total. The second-order valence-electron chi connectivity index (χ2n) is 6.12. The van der Waals surface area contributed by atoms with Crippen molar-refractivity contribution in [2.45, 2.75) is 4.75 Å². The average Bonchev–Trinajstić information content (AvgIpc) is 2.65.